The van der Waals surface area contributed by atoms with Crippen LogP contribution in [0.15, 0.2) is 47.1 Å². The monoisotopic (exact) mass is 334 g/mol. The van der Waals surface area contributed by atoms with E-state index >= 15 is 0 Å². The van der Waals surface area contributed by atoms with E-state index < -0.39 is 5.60 Å². The van der Waals surface area contributed by atoms with Crippen molar-refractivity contribution >= 4 is 23.5 Å². The number of aliphatic hydroxyl groups is 1. The first kappa shape index (κ1) is 17.4. The molecule has 1 atom stereocenters. The summed E-state index contributed by atoms with van der Waals surface area (Å²) in [6, 6.07) is 10.8. The Morgan fingerprint density at radius 1 is 1.30 bits per heavy atom. The number of furan rings is 1. The number of urea groups is 1. The molecule has 0 radical (unpaired) electrons. The molecule has 124 valence electrons. The molecule has 1 heterocycles. The average Bonchev–Trinajstić information content (AvgIpc) is 3.08. The Kier molecular flexibility index (Phi) is 6.12. The predicted molar refractivity (Wildman–Crippen MR) is 93.8 cm³/mol. The molecule has 0 spiro atoms. The van der Waals surface area contributed by atoms with Crippen LogP contribution in [0.2, 0.25) is 0 Å². The van der Waals surface area contributed by atoms with Gasteiger partial charge in [0.05, 0.1) is 12.8 Å². The molecule has 0 fully saturated rings. The van der Waals surface area contributed by atoms with Crippen LogP contribution in [0.25, 0.3) is 0 Å². The first-order valence-electron chi connectivity index (χ1n) is 7.40. The van der Waals surface area contributed by atoms with Crippen LogP contribution in [0.5, 0.6) is 0 Å². The summed E-state index contributed by atoms with van der Waals surface area (Å²) in [6.45, 7) is 1.64. The fraction of sp³-hybridized carbons (Fsp3) is 0.353. The molecular weight excluding hydrogens is 312 g/mol. The molecule has 1 unspecified atom stereocenters. The Morgan fingerprint density at radius 3 is 2.65 bits per heavy atom. The van der Waals surface area contributed by atoms with Crippen LogP contribution in [-0.4, -0.2) is 29.7 Å². The SMILES string of the molecule is CSCCc1ccc(NC(=O)NCC(C)(O)c2ccco2)cc1. The van der Waals surface area contributed by atoms with Crippen LogP contribution in [0.1, 0.15) is 18.2 Å². The lowest BCUT2D eigenvalue weighted by molar-refractivity contribution is 0.0372. The molecular formula is C17H22N2O3S. The second-order valence-corrected chi connectivity index (χ2v) is 6.48. The summed E-state index contributed by atoms with van der Waals surface area (Å²) < 4.78 is 5.17. The Hall–Kier alpha value is -1.92. The number of amides is 2. The van der Waals surface area contributed by atoms with Gasteiger partial charge in [-0.3, -0.25) is 0 Å². The largest absolute Gasteiger partial charge is 0.466 e. The third kappa shape index (κ3) is 5.33. The van der Waals surface area contributed by atoms with Crippen molar-refractivity contribution in [3.05, 3.63) is 54.0 Å². The number of anilines is 1. The molecule has 5 nitrogen and oxygen atoms in total. The Morgan fingerprint density at radius 2 is 2.04 bits per heavy atom. The molecule has 2 aromatic rings. The molecule has 2 rings (SSSR count). The van der Waals surface area contributed by atoms with E-state index in [1.165, 1.54) is 11.8 Å². The Bertz CT molecular complexity index is 609. The lowest BCUT2D eigenvalue weighted by Crippen LogP contribution is -2.40. The van der Waals surface area contributed by atoms with E-state index in [2.05, 4.69) is 16.9 Å². The molecule has 3 N–H and O–H groups in total. The number of nitrogens with one attached hydrogen (secondary N) is 2. The summed E-state index contributed by atoms with van der Waals surface area (Å²) in [5.41, 5.74) is 0.710. The van der Waals surface area contributed by atoms with Crippen LogP contribution in [0.3, 0.4) is 0 Å². The summed E-state index contributed by atoms with van der Waals surface area (Å²) in [6.07, 6.45) is 4.58. The lowest BCUT2D eigenvalue weighted by atomic mass is 10.0. The van der Waals surface area contributed by atoms with Gasteiger partial charge in [0.15, 0.2) is 0 Å². The maximum atomic E-state index is 11.9. The third-order valence-electron chi connectivity index (χ3n) is 3.45. The standard InChI is InChI=1S/C17H22N2O3S/c1-17(21,15-4-3-10-22-15)12-18-16(20)19-14-7-5-13(6-8-14)9-11-23-2/h3-8,10,21H,9,11-12H2,1-2H3,(H2,18,19,20). The van der Waals surface area contributed by atoms with Gasteiger partial charge in [0, 0.05) is 5.69 Å². The van der Waals surface area contributed by atoms with E-state index in [-0.39, 0.29) is 12.6 Å². The second-order valence-electron chi connectivity index (χ2n) is 5.50. The Balaban J connectivity index is 1.82. The number of rotatable bonds is 7. The number of thioether (sulfide) groups is 1. The normalized spacial score (nSPS) is 13.3. The van der Waals surface area contributed by atoms with Crippen LogP contribution in [0, 0.1) is 0 Å². The van der Waals surface area contributed by atoms with Crippen molar-refractivity contribution in [2.75, 3.05) is 23.9 Å². The molecule has 1 aromatic heterocycles. The number of hydrogen-bond donors (Lipinski definition) is 3. The van der Waals surface area contributed by atoms with Crippen LogP contribution in [-0.2, 0) is 12.0 Å². The zero-order valence-electron chi connectivity index (χ0n) is 13.3. The van der Waals surface area contributed by atoms with Crippen molar-refractivity contribution in [1.82, 2.24) is 5.32 Å². The highest BCUT2D eigenvalue weighted by molar-refractivity contribution is 7.98. The zero-order valence-corrected chi connectivity index (χ0v) is 14.2. The average molecular weight is 334 g/mol. The van der Waals surface area contributed by atoms with Gasteiger partial charge in [0.2, 0.25) is 0 Å². The maximum absolute atomic E-state index is 11.9. The highest BCUT2D eigenvalue weighted by Crippen LogP contribution is 2.19. The third-order valence-corrected chi connectivity index (χ3v) is 4.06. The first-order chi connectivity index (χ1) is 11.0. The number of hydrogen-bond acceptors (Lipinski definition) is 4. The smallest absolute Gasteiger partial charge is 0.319 e. The fourth-order valence-electron chi connectivity index (χ4n) is 2.07. The first-order valence-corrected chi connectivity index (χ1v) is 8.80. The van der Waals surface area contributed by atoms with E-state index in [1.807, 2.05) is 36.0 Å². The van der Waals surface area contributed by atoms with Gasteiger partial charge < -0.3 is 20.2 Å². The van der Waals surface area contributed by atoms with Gasteiger partial charge in [-0.2, -0.15) is 11.8 Å². The topological polar surface area (TPSA) is 74.5 Å². The van der Waals surface area contributed by atoms with Crippen molar-refractivity contribution in [3.63, 3.8) is 0 Å². The summed E-state index contributed by atoms with van der Waals surface area (Å²) in [7, 11) is 0. The van der Waals surface area contributed by atoms with E-state index in [9.17, 15) is 9.90 Å². The summed E-state index contributed by atoms with van der Waals surface area (Å²) in [5, 5.41) is 15.7. The Labute approximate surface area is 140 Å². The van der Waals surface area contributed by atoms with Gasteiger partial charge in [-0.1, -0.05) is 12.1 Å². The van der Waals surface area contributed by atoms with Crippen LogP contribution >= 0.6 is 11.8 Å². The highest BCUT2D eigenvalue weighted by Gasteiger charge is 2.26. The number of carbonyl (C=O) groups is 1. The van der Waals surface area contributed by atoms with Gasteiger partial charge in [0.25, 0.3) is 0 Å². The summed E-state index contributed by atoms with van der Waals surface area (Å²) in [4.78, 5) is 11.9. The molecule has 0 aliphatic carbocycles. The molecule has 6 heteroatoms. The molecule has 0 saturated carbocycles. The van der Waals surface area contributed by atoms with Crippen LogP contribution in [0.4, 0.5) is 10.5 Å². The van der Waals surface area contributed by atoms with Gasteiger partial charge in [-0.25, -0.2) is 4.79 Å². The molecule has 1 aromatic carbocycles. The molecule has 0 aliphatic rings. The number of benzene rings is 1. The molecule has 23 heavy (non-hydrogen) atoms. The van der Waals surface area contributed by atoms with Gasteiger partial charge in [0.1, 0.15) is 11.4 Å². The highest BCUT2D eigenvalue weighted by atomic mass is 32.2. The van der Waals surface area contributed by atoms with Gasteiger partial charge >= 0.3 is 6.03 Å². The summed E-state index contributed by atoms with van der Waals surface area (Å²) >= 11 is 1.81. The number of carbonyl (C=O) groups excluding carboxylic acids is 1. The van der Waals surface area contributed by atoms with E-state index in [0.29, 0.717) is 11.4 Å². The quantitative estimate of drug-likeness (QED) is 0.727. The zero-order chi connectivity index (χ0) is 16.7. The van der Waals surface area contributed by atoms with Crippen molar-refractivity contribution in [1.29, 1.82) is 0 Å². The maximum Gasteiger partial charge on any atom is 0.319 e. The molecule has 0 saturated heterocycles. The number of aryl methyl sites for hydroxylation is 1. The fourth-order valence-corrected chi connectivity index (χ4v) is 2.51. The minimum atomic E-state index is -1.25. The summed E-state index contributed by atoms with van der Waals surface area (Å²) in [5.74, 6) is 1.49. The minimum absolute atomic E-state index is 0.0537. The molecule has 0 aliphatic heterocycles. The lowest BCUT2D eigenvalue weighted by Gasteiger charge is -2.21. The van der Waals surface area contributed by atoms with Gasteiger partial charge in [-0.05, 0) is 55.2 Å². The van der Waals surface area contributed by atoms with E-state index in [0.717, 1.165) is 12.2 Å². The van der Waals surface area contributed by atoms with Crippen molar-refractivity contribution < 1.29 is 14.3 Å². The molecule has 0 bridgehead atoms. The van der Waals surface area contributed by atoms with E-state index in [1.54, 1.807) is 19.1 Å². The van der Waals surface area contributed by atoms with Gasteiger partial charge in [-0.15, -0.1) is 0 Å². The van der Waals surface area contributed by atoms with Crippen molar-refractivity contribution in [2.24, 2.45) is 0 Å². The predicted octanol–water partition coefficient (Wildman–Crippen LogP) is 3.21. The van der Waals surface area contributed by atoms with Crippen LogP contribution < -0.4 is 10.6 Å². The minimum Gasteiger partial charge on any atom is -0.466 e. The van der Waals surface area contributed by atoms with Crippen molar-refractivity contribution in [3.8, 4) is 0 Å². The second kappa shape index (κ2) is 8.08. The van der Waals surface area contributed by atoms with Crippen molar-refractivity contribution in [2.45, 2.75) is 18.9 Å². The van der Waals surface area contributed by atoms with E-state index in [4.69, 9.17) is 4.42 Å². The molecule has 2 amide bonds.